The van der Waals surface area contributed by atoms with Gasteiger partial charge in [0.05, 0.1) is 6.04 Å². The maximum Gasteiger partial charge on any atom is 0.410 e. The molecule has 1 aromatic carbocycles. The quantitative estimate of drug-likeness (QED) is 0.549. The Morgan fingerprint density at radius 1 is 1.35 bits per heavy atom. The molecule has 1 aromatic rings. The minimum atomic E-state index is -0.493. The van der Waals surface area contributed by atoms with Crippen molar-refractivity contribution in [3.8, 4) is 0 Å². The summed E-state index contributed by atoms with van der Waals surface area (Å²) < 4.78 is 5.33. The lowest BCUT2D eigenvalue weighted by molar-refractivity contribution is 0.00700. The molecule has 1 heterocycles. The highest BCUT2D eigenvalue weighted by Gasteiger charge is 2.34. The predicted octanol–water partition coefficient (Wildman–Crippen LogP) is 1.07. The maximum absolute atomic E-state index is 11.9. The van der Waals surface area contributed by atoms with Crippen LogP contribution in [0.25, 0.3) is 0 Å². The van der Waals surface area contributed by atoms with Crippen LogP contribution in [0.1, 0.15) is 36.7 Å². The van der Waals surface area contributed by atoms with Gasteiger partial charge in [-0.1, -0.05) is 12.1 Å². The van der Waals surface area contributed by atoms with Crippen LogP contribution in [0.4, 0.5) is 4.79 Å². The summed E-state index contributed by atoms with van der Waals surface area (Å²) in [6.07, 6.45) is -0.304. The van der Waals surface area contributed by atoms with Gasteiger partial charge in [-0.25, -0.2) is 4.79 Å². The zero-order chi connectivity index (χ0) is 19.3. The van der Waals surface area contributed by atoms with Gasteiger partial charge in [-0.2, -0.15) is 0 Å². The van der Waals surface area contributed by atoms with Gasteiger partial charge in [-0.05, 0) is 38.5 Å². The summed E-state index contributed by atoms with van der Waals surface area (Å²) in [5.41, 5.74) is 6.20. The second-order valence-corrected chi connectivity index (χ2v) is 7.22. The Hall–Kier alpha value is -2.77. The van der Waals surface area contributed by atoms with Crippen LogP contribution in [0.2, 0.25) is 0 Å². The zero-order valence-corrected chi connectivity index (χ0v) is 15.7. The van der Waals surface area contributed by atoms with E-state index in [0.29, 0.717) is 31.2 Å². The molecule has 4 N–H and O–H groups in total. The van der Waals surface area contributed by atoms with Crippen LogP contribution in [0.15, 0.2) is 29.3 Å². The van der Waals surface area contributed by atoms with Gasteiger partial charge in [0.25, 0.3) is 0 Å². The molecule has 142 valence electrons. The van der Waals surface area contributed by atoms with Crippen LogP contribution in [0, 0.1) is 0 Å². The van der Waals surface area contributed by atoms with Crippen molar-refractivity contribution in [3.05, 3.63) is 35.4 Å². The molecule has 0 radical (unpaired) electrons. The van der Waals surface area contributed by atoms with E-state index < -0.39 is 11.5 Å². The number of primary amides is 1. The van der Waals surface area contributed by atoms with Gasteiger partial charge in [0.1, 0.15) is 5.60 Å². The smallest absolute Gasteiger partial charge is 0.410 e. The lowest BCUT2D eigenvalue weighted by Crippen LogP contribution is -2.63. The second kappa shape index (κ2) is 8.07. The molecule has 26 heavy (non-hydrogen) atoms. The van der Waals surface area contributed by atoms with E-state index in [-0.39, 0.29) is 12.1 Å². The van der Waals surface area contributed by atoms with Gasteiger partial charge in [0.15, 0.2) is 5.96 Å². The number of amides is 2. The monoisotopic (exact) mass is 361 g/mol. The Morgan fingerprint density at radius 2 is 2.04 bits per heavy atom. The van der Waals surface area contributed by atoms with Crippen LogP contribution < -0.4 is 16.4 Å². The van der Waals surface area contributed by atoms with Crippen molar-refractivity contribution in [2.24, 2.45) is 10.7 Å². The third-order valence-electron chi connectivity index (χ3n) is 3.77. The fraction of sp³-hybridized carbons (Fsp3) is 0.500. The molecule has 0 atom stereocenters. The van der Waals surface area contributed by atoms with Crippen molar-refractivity contribution in [2.75, 3.05) is 20.1 Å². The molecule has 1 aliphatic heterocycles. The van der Waals surface area contributed by atoms with Crippen LogP contribution in [0.3, 0.4) is 0 Å². The first-order valence-electron chi connectivity index (χ1n) is 8.52. The molecule has 1 fully saturated rings. The Labute approximate surface area is 153 Å². The van der Waals surface area contributed by atoms with Gasteiger partial charge in [0.2, 0.25) is 5.91 Å². The molecule has 0 aliphatic carbocycles. The van der Waals surface area contributed by atoms with E-state index in [1.165, 1.54) is 0 Å². The Balaban J connectivity index is 1.78. The van der Waals surface area contributed by atoms with Crippen LogP contribution in [-0.2, 0) is 11.3 Å². The van der Waals surface area contributed by atoms with Crippen molar-refractivity contribution in [3.63, 3.8) is 0 Å². The number of hydrogen-bond donors (Lipinski definition) is 3. The Kier molecular flexibility index (Phi) is 6.07. The Bertz CT molecular complexity index is 690. The summed E-state index contributed by atoms with van der Waals surface area (Å²) >= 11 is 0. The normalized spacial score (nSPS) is 15.2. The SMILES string of the molecule is CN=C(NCc1cccc(C(N)=O)c1)NC1CN(C(=O)OC(C)(C)C)C1. The van der Waals surface area contributed by atoms with Crippen molar-refractivity contribution in [2.45, 2.75) is 39.0 Å². The maximum atomic E-state index is 11.9. The lowest BCUT2D eigenvalue weighted by atomic mass is 10.1. The highest BCUT2D eigenvalue weighted by molar-refractivity contribution is 5.92. The molecular formula is C18H27N5O3. The standard InChI is InChI=1S/C18H27N5O3/c1-18(2,3)26-17(25)23-10-14(11-23)22-16(20-4)21-9-12-6-5-7-13(8-12)15(19)24/h5-8,14H,9-11H2,1-4H3,(H2,19,24)(H2,20,21,22). The average Bonchev–Trinajstić information content (AvgIpc) is 2.51. The molecule has 0 saturated carbocycles. The summed E-state index contributed by atoms with van der Waals surface area (Å²) in [6, 6.07) is 7.23. The van der Waals surface area contributed by atoms with E-state index in [2.05, 4.69) is 15.6 Å². The number of benzene rings is 1. The van der Waals surface area contributed by atoms with Gasteiger partial charge in [-0.15, -0.1) is 0 Å². The zero-order valence-electron chi connectivity index (χ0n) is 15.7. The number of nitrogens with zero attached hydrogens (tertiary/aromatic N) is 2. The number of nitrogens with two attached hydrogens (primary N) is 1. The number of ether oxygens (including phenoxy) is 1. The lowest BCUT2D eigenvalue weighted by Gasteiger charge is -2.40. The van der Waals surface area contributed by atoms with Crippen LogP contribution in [-0.4, -0.2) is 54.6 Å². The van der Waals surface area contributed by atoms with Crippen molar-refractivity contribution >= 4 is 18.0 Å². The summed E-state index contributed by atoms with van der Waals surface area (Å²) in [4.78, 5) is 29.0. The first-order chi connectivity index (χ1) is 12.2. The van der Waals surface area contributed by atoms with Gasteiger partial charge >= 0.3 is 6.09 Å². The molecule has 0 bridgehead atoms. The molecule has 0 spiro atoms. The fourth-order valence-electron chi connectivity index (χ4n) is 2.45. The molecule has 8 heteroatoms. The first kappa shape index (κ1) is 19.6. The minimum Gasteiger partial charge on any atom is -0.444 e. The van der Waals surface area contributed by atoms with Gasteiger partial charge in [-0.3, -0.25) is 9.79 Å². The number of nitrogens with one attached hydrogen (secondary N) is 2. The van der Waals surface area contributed by atoms with E-state index in [4.69, 9.17) is 10.5 Å². The number of carbonyl (C=O) groups is 2. The topological polar surface area (TPSA) is 109 Å². The number of aliphatic imine (C=N–C) groups is 1. The number of guanidine groups is 1. The molecule has 2 rings (SSSR count). The van der Waals surface area contributed by atoms with Gasteiger partial charge < -0.3 is 26.0 Å². The first-order valence-corrected chi connectivity index (χ1v) is 8.52. The molecule has 1 saturated heterocycles. The van der Waals surface area contributed by atoms with Crippen LogP contribution in [0.5, 0.6) is 0 Å². The molecule has 0 unspecified atom stereocenters. The van der Waals surface area contributed by atoms with Crippen molar-refractivity contribution in [1.29, 1.82) is 0 Å². The third kappa shape index (κ3) is 5.65. The third-order valence-corrected chi connectivity index (χ3v) is 3.77. The van der Waals surface area contributed by atoms with Crippen molar-refractivity contribution in [1.82, 2.24) is 15.5 Å². The van der Waals surface area contributed by atoms with Gasteiger partial charge in [0, 0.05) is 32.2 Å². The molecule has 1 aliphatic rings. The van der Waals surface area contributed by atoms with E-state index in [1.54, 1.807) is 30.1 Å². The average molecular weight is 361 g/mol. The summed E-state index contributed by atoms with van der Waals surface area (Å²) in [6.45, 7) is 7.17. The second-order valence-electron chi connectivity index (χ2n) is 7.22. The summed E-state index contributed by atoms with van der Waals surface area (Å²) in [7, 11) is 1.68. The number of carbonyl (C=O) groups excluding carboxylic acids is 2. The predicted molar refractivity (Wildman–Crippen MR) is 99.9 cm³/mol. The van der Waals surface area contributed by atoms with E-state index in [9.17, 15) is 9.59 Å². The Morgan fingerprint density at radius 3 is 2.62 bits per heavy atom. The molecule has 0 aromatic heterocycles. The molecule has 2 amide bonds. The molecule has 8 nitrogen and oxygen atoms in total. The fourth-order valence-corrected chi connectivity index (χ4v) is 2.45. The number of likely N-dealkylation sites (tertiary alicyclic amines) is 1. The summed E-state index contributed by atoms with van der Waals surface area (Å²) in [5.74, 6) is 0.175. The molecular weight excluding hydrogens is 334 g/mol. The van der Waals surface area contributed by atoms with Crippen molar-refractivity contribution < 1.29 is 14.3 Å². The summed E-state index contributed by atoms with van der Waals surface area (Å²) in [5, 5.41) is 6.44. The van der Waals surface area contributed by atoms with E-state index in [0.717, 1.165) is 5.56 Å². The van der Waals surface area contributed by atoms with Crippen LogP contribution >= 0.6 is 0 Å². The largest absolute Gasteiger partial charge is 0.444 e. The highest BCUT2D eigenvalue weighted by atomic mass is 16.6. The highest BCUT2D eigenvalue weighted by Crippen LogP contribution is 2.15. The van der Waals surface area contributed by atoms with E-state index >= 15 is 0 Å². The number of rotatable bonds is 4. The van der Waals surface area contributed by atoms with E-state index in [1.807, 2.05) is 26.8 Å². The number of hydrogen-bond acceptors (Lipinski definition) is 4. The minimum absolute atomic E-state index is 0.116.